The largest absolute Gasteiger partial charge is 0.384 e. The molecule has 0 spiro atoms. The number of nitrogens with zero attached hydrogens (tertiary/aromatic N) is 2. The van der Waals surface area contributed by atoms with E-state index in [9.17, 15) is 0 Å². The van der Waals surface area contributed by atoms with Crippen LogP contribution in [0.2, 0.25) is 0 Å². The van der Waals surface area contributed by atoms with E-state index in [0.29, 0.717) is 10.7 Å². The molecule has 17 heavy (non-hydrogen) atoms. The van der Waals surface area contributed by atoms with E-state index < -0.39 is 0 Å². The Balaban J connectivity index is 2.36. The van der Waals surface area contributed by atoms with E-state index in [0.717, 1.165) is 9.37 Å². The Morgan fingerprint density at radius 2 is 2.00 bits per heavy atom. The first-order valence-electron chi connectivity index (χ1n) is 4.75. The Morgan fingerprint density at radius 3 is 2.65 bits per heavy atom. The van der Waals surface area contributed by atoms with E-state index in [2.05, 4.69) is 25.9 Å². The van der Waals surface area contributed by atoms with Crippen LogP contribution >= 0.6 is 27.7 Å². The van der Waals surface area contributed by atoms with Crippen LogP contribution in [0.3, 0.4) is 0 Å². The van der Waals surface area contributed by atoms with Crippen molar-refractivity contribution >= 4 is 33.5 Å². The van der Waals surface area contributed by atoms with Crippen molar-refractivity contribution in [2.75, 3.05) is 0 Å². The fraction of sp³-hybridized carbons (Fsp3) is 0. The summed E-state index contributed by atoms with van der Waals surface area (Å²) < 4.78 is 0.890. The maximum absolute atomic E-state index is 7.54. The first kappa shape index (κ1) is 12.1. The summed E-state index contributed by atoms with van der Waals surface area (Å²) in [7, 11) is 0. The Labute approximate surface area is 111 Å². The Hall–Kier alpha value is -1.40. The fourth-order valence-electron chi connectivity index (χ4n) is 1.24. The molecule has 3 N–H and O–H groups in total. The fourth-order valence-corrected chi connectivity index (χ4v) is 2.44. The van der Waals surface area contributed by atoms with Gasteiger partial charge in [0, 0.05) is 27.3 Å². The van der Waals surface area contributed by atoms with Crippen molar-refractivity contribution in [1.29, 1.82) is 5.41 Å². The molecule has 1 aromatic carbocycles. The summed E-state index contributed by atoms with van der Waals surface area (Å²) in [4.78, 5) is 9.12. The number of halogens is 1. The number of nitrogens with one attached hydrogen (secondary N) is 1. The zero-order chi connectivity index (χ0) is 12.3. The summed E-state index contributed by atoms with van der Waals surface area (Å²) in [6.45, 7) is 0. The average molecular weight is 309 g/mol. The predicted octanol–water partition coefficient (Wildman–Crippen LogP) is 2.67. The number of rotatable bonds is 3. The number of amidine groups is 1. The summed E-state index contributed by atoms with van der Waals surface area (Å²) >= 11 is 4.74. The summed E-state index contributed by atoms with van der Waals surface area (Å²) in [5.41, 5.74) is 6.22. The molecular weight excluding hydrogens is 300 g/mol. The molecule has 0 radical (unpaired) electrons. The molecule has 4 nitrogen and oxygen atoms in total. The van der Waals surface area contributed by atoms with Crippen LogP contribution in [0, 0.1) is 5.41 Å². The highest BCUT2D eigenvalue weighted by Gasteiger charge is 2.08. The van der Waals surface area contributed by atoms with Gasteiger partial charge in [0.1, 0.15) is 5.84 Å². The molecule has 6 heteroatoms. The summed E-state index contributed by atoms with van der Waals surface area (Å²) in [5.74, 6) is 0.0322. The normalized spacial score (nSPS) is 10.2. The molecule has 0 saturated carbocycles. The van der Waals surface area contributed by atoms with Gasteiger partial charge in [0.25, 0.3) is 0 Å². The van der Waals surface area contributed by atoms with Crippen LogP contribution in [-0.2, 0) is 0 Å². The number of nitrogen functional groups attached to an aromatic ring is 1. The number of aromatic nitrogens is 2. The van der Waals surface area contributed by atoms with Gasteiger partial charge in [-0.2, -0.15) is 0 Å². The van der Waals surface area contributed by atoms with Gasteiger partial charge in [0.15, 0.2) is 5.16 Å². The van der Waals surface area contributed by atoms with Crippen molar-refractivity contribution in [2.45, 2.75) is 10.1 Å². The average Bonchev–Trinajstić information content (AvgIpc) is 2.32. The molecule has 2 rings (SSSR count). The number of hydrogen-bond donors (Lipinski definition) is 2. The van der Waals surface area contributed by atoms with E-state index >= 15 is 0 Å². The second kappa shape index (κ2) is 5.29. The molecule has 1 heterocycles. The Bertz CT molecular complexity index is 544. The van der Waals surface area contributed by atoms with Crippen LogP contribution in [0.15, 0.2) is 51.2 Å². The number of hydrogen-bond acceptors (Lipinski definition) is 4. The van der Waals surface area contributed by atoms with Crippen LogP contribution in [0.5, 0.6) is 0 Å². The summed E-state index contributed by atoms with van der Waals surface area (Å²) in [5, 5.41) is 8.18. The van der Waals surface area contributed by atoms with Crippen LogP contribution in [0.1, 0.15) is 5.56 Å². The van der Waals surface area contributed by atoms with Crippen molar-refractivity contribution in [3.05, 3.63) is 46.7 Å². The van der Waals surface area contributed by atoms with E-state index in [1.807, 2.05) is 18.2 Å². The van der Waals surface area contributed by atoms with Crippen LogP contribution in [-0.4, -0.2) is 15.8 Å². The molecule has 0 fully saturated rings. The maximum atomic E-state index is 7.54. The van der Waals surface area contributed by atoms with Gasteiger partial charge in [-0.25, -0.2) is 9.97 Å². The molecule has 0 unspecified atom stereocenters. The van der Waals surface area contributed by atoms with E-state index in [4.69, 9.17) is 11.1 Å². The smallest absolute Gasteiger partial charge is 0.192 e. The summed E-state index contributed by atoms with van der Waals surface area (Å²) in [6, 6.07) is 7.37. The molecule has 2 aromatic rings. The molecule has 0 aliphatic carbocycles. The minimum atomic E-state index is 0.0322. The van der Waals surface area contributed by atoms with Crippen LogP contribution < -0.4 is 5.73 Å². The van der Waals surface area contributed by atoms with Crippen molar-refractivity contribution < 1.29 is 0 Å². The van der Waals surface area contributed by atoms with Gasteiger partial charge in [-0.15, -0.1) is 0 Å². The monoisotopic (exact) mass is 308 g/mol. The molecule has 0 amide bonds. The van der Waals surface area contributed by atoms with Gasteiger partial charge >= 0.3 is 0 Å². The SMILES string of the molecule is N=C(N)c1cc(Br)ccc1Sc1ncccn1. The lowest BCUT2D eigenvalue weighted by Crippen LogP contribution is -2.12. The molecule has 0 saturated heterocycles. The highest BCUT2D eigenvalue weighted by atomic mass is 79.9. The van der Waals surface area contributed by atoms with Gasteiger partial charge in [-0.05, 0) is 36.0 Å². The zero-order valence-corrected chi connectivity index (χ0v) is 11.1. The summed E-state index contributed by atoms with van der Waals surface area (Å²) in [6.07, 6.45) is 3.36. The first-order valence-corrected chi connectivity index (χ1v) is 6.36. The Kier molecular flexibility index (Phi) is 3.75. The van der Waals surface area contributed by atoms with Gasteiger partial charge < -0.3 is 5.73 Å². The third-order valence-corrected chi connectivity index (χ3v) is 3.44. The lowest BCUT2D eigenvalue weighted by atomic mass is 10.2. The predicted molar refractivity (Wildman–Crippen MR) is 71.3 cm³/mol. The van der Waals surface area contributed by atoms with Crippen molar-refractivity contribution in [3.63, 3.8) is 0 Å². The van der Waals surface area contributed by atoms with E-state index in [1.54, 1.807) is 18.5 Å². The topological polar surface area (TPSA) is 75.7 Å². The highest BCUT2D eigenvalue weighted by molar-refractivity contribution is 9.10. The van der Waals surface area contributed by atoms with Crippen molar-refractivity contribution in [1.82, 2.24) is 9.97 Å². The minimum absolute atomic E-state index is 0.0322. The highest BCUT2D eigenvalue weighted by Crippen LogP contribution is 2.29. The molecule has 1 aromatic heterocycles. The molecular formula is C11H9BrN4S. The van der Waals surface area contributed by atoms with Crippen LogP contribution in [0.4, 0.5) is 0 Å². The number of nitrogens with two attached hydrogens (primary N) is 1. The maximum Gasteiger partial charge on any atom is 0.192 e. The lowest BCUT2D eigenvalue weighted by molar-refractivity contribution is 0.966. The third-order valence-electron chi connectivity index (χ3n) is 1.98. The standard InChI is InChI=1S/C11H9BrN4S/c12-7-2-3-9(8(6-7)10(13)14)17-11-15-4-1-5-16-11/h1-6H,(H3,13,14). The van der Waals surface area contributed by atoms with Gasteiger partial charge in [-0.1, -0.05) is 15.9 Å². The number of benzene rings is 1. The second-order valence-corrected chi connectivity index (χ2v) is 5.11. The third kappa shape index (κ3) is 3.04. The molecule has 0 aliphatic rings. The molecule has 86 valence electrons. The zero-order valence-electron chi connectivity index (χ0n) is 8.72. The quantitative estimate of drug-likeness (QED) is 0.519. The van der Waals surface area contributed by atoms with Gasteiger partial charge in [0.2, 0.25) is 0 Å². The van der Waals surface area contributed by atoms with Gasteiger partial charge in [0.05, 0.1) is 0 Å². The molecule has 0 atom stereocenters. The van der Waals surface area contributed by atoms with Crippen molar-refractivity contribution in [2.24, 2.45) is 5.73 Å². The lowest BCUT2D eigenvalue weighted by Gasteiger charge is -2.07. The second-order valence-electron chi connectivity index (χ2n) is 3.19. The molecule has 0 aliphatic heterocycles. The minimum Gasteiger partial charge on any atom is -0.384 e. The van der Waals surface area contributed by atoms with E-state index in [-0.39, 0.29) is 5.84 Å². The molecule has 0 bridgehead atoms. The van der Waals surface area contributed by atoms with Crippen LogP contribution in [0.25, 0.3) is 0 Å². The Morgan fingerprint density at radius 1 is 1.29 bits per heavy atom. The van der Waals surface area contributed by atoms with Crippen molar-refractivity contribution in [3.8, 4) is 0 Å². The first-order chi connectivity index (χ1) is 8.16. The van der Waals surface area contributed by atoms with Gasteiger partial charge in [-0.3, -0.25) is 5.41 Å². The van der Waals surface area contributed by atoms with E-state index in [1.165, 1.54) is 11.8 Å².